The number of hydrogen-bond donors (Lipinski definition) is 1. The molecule has 1 aliphatic heterocycles. The lowest BCUT2D eigenvalue weighted by Gasteiger charge is -2.34. The van der Waals surface area contributed by atoms with Gasteiger partial charge in [0.1, 0.15) is 11.9 Å². The van der Waals surface area contributed by atoms with Crippen molar-refractivity contribution in [1.29, 1.82) is 0 Å². The summed E-state index contributed by atoms with van der Waals surface area (Å²) < 4.78 is 53.6. The molecule has 0 spiro atoms. The average Bonchev–Trinajstić information content (AvgIpc) is 3.53. The smallest absolute Gasteiger partial charge is 0.337 e. The van der Waals surface area contributed by atoms with Gasteiger partial charge in [-0.15, -0.1) is 0 Å². The van der Waals surface area contributed by atoms with E-state index in [0.717, 1.165) is 25.3 Å². The summed E-state index contributed by atoms with van der Waals surface area (Å²) in [5, 5.41) is 2.38. The van der Waals surface area contributed by atoms with Crippen LogP contribution in [0, 0.1) is 11.7 Å². The second-order valence-electron chi connectivity index (χ2n) is 7.05. The van der Waals surface area contributed by atoms with Gasteiger partial charge < -0.3 is 9.47 Å². The molecule has 2 aromatic carbocycles. The van der Waals surface area contributed by atoms with Gasteiger partial charge in [-0.05, 0) is 36.8 Å². The standard InChI is InChI=1S/C21H17F3N2O4/c1-29-18(28)12-7-8-15(22)13(9-12)21(19(23)24)14-10-16(14)30-20(26-21)25-17(27)11-5-3-2-4-6-11/h2-9,14,16,19H,10H2,1H3,(H,25,26,27)/t14-,16+,21+/m0/s1. The highest BCUT2D eigenvalue weighted by Crippen LogP contribution is 2.56. The van der Waals surface area contributed by atoms with Crippen molar-refractivity contribution in [2.24, 2.45) is 10.9 Å². The van der Waals surface area contributed by atoms with E-state index < -0.39 is 53.3 Å². The van der Waals surface area contributed by atoms with Crippen molar-refractivity contribution in [3.63, 3.8) is 0 Å². The summed E-state index contributed by atoms with van der Waals surface area (Å²) >= 11 is 0. The third-order valence-electron chi connectivity index (χ3n) is 5.25. The number of ether oxygens (including phenoxy) is 2. The van der Waals surface area contributed by atoms with E-state index in [1.54, 1.807) is 30.3 Å². The highest BCUT2D eigenvalue weighted by Gasteiger charge is 2.64. The summed E-state index contributed by atoms with van der Waals surface area (Å²) in [5.74, 6) is -3.12. The molecule has 0 aromatic heterocycles. The molecule has 1 fully saturated rings. The first kappa shape index (κ1) is 19.9. The van der Waals surface area contributed by atoms with Crippen LogP contribution in [0.4, 0.5) is 13.2 Å². The van der Waals surface area contributed by atoms with Crippen LogP contribution in [0.15, 0.2) is 53.5 Å². The number of rotatable bonds is 4. The Balaban J connectivity index is 1.76. The zero-order valence-electron chi connectivity index (χ0n) is 15.8. The maximum Gasteiger partial charge on any atom is 0.337 e. The molecular formula is C21H17F3N2O4. The molecule has 1 N–H and O–H groups in total. The molecule has 2 aromatic rings. The number of alkyl halides is 2. The average molecular weight is 418 g/mol. The lowest BCUT2D eigenvalue weighted by molar-refractivity contribution is 0.0165. The Morgan fingerprint density at radius 2 is 1.93 bits per heavy atom. The van der Waals surface area contributed by atoms with Crippen LogP contribution >= 0.6 is 0 Å². The van der Waals surface area contributed by atoms with Crippen molar-refractivity contribution >= 4 is 17.9 Å². The topological polar surface area (TPSA) is 77.0 Å². The van der Waals surface area contributed by atoms with Gasteiger partial charge in [-0.3, -0.25) is 10.1 Å². The minimum absolute atomic E-state index is 0.0808. The number of aliphatic imine (C=N–C) groups is 1. The number of amides is 1. The van der Waals surface area contributed by atoms with Crippen molar-refractivity contribution in [1.82, 2.24) is 5.32 Å². The number of hydrogen-bond acceptors (Lipinski definition) is 5. The molecule has 0 saturated heterocycles. The number of methoxy groups -OCH3 is 1. The number of benzene rings is 2. The van der Waals surface area contributed by atoms with E-state index in [2.05, 4.69) is 15.0 Å². The number of carbonyl (C=O) groups excluding carboxylic acids is 2. The summed E-state index contributed by atoms with van der Waals surface area (Å²) in [6.45, 7) is 0. The fourth-order valence-electron chi connectivity index (χ4n) is 3.67. The van der Waals surface area contributed by atoms with Crippen LogP contribution in [0.25, 0.3) is 0 Å². The van der Waals surface area contributed by atoms with Crippen LogP contribution in [0.2, 0.25) is 0 Å². The fourth-order valence-corrected chi connectivity index (χ4v) is 3.67. The normalized spacial score (nSPS) is 24.4. The summed E-state index contributed by atoms with van der Waals surface area (Å²) in [4.78, 5) is 28.2. The van der Waals surface area contributed by atoms with Crippen LogP contribution in [0.3, 0.4) is 0 Å². The largest absolute Gasteiger partial charge is 0.465 e. The van der Waals surface area contributed by atoms with Crippen molar-refractivity contribution < 1.29 is 32.2 Å². The van der Waals surface area contributed by atoms with Crippen LogP contribution in [-0.4, -0.2) is 37.5 Å². The van der Waals surface area contributed by atoms with Crippen molar-refractivity contribution in [2.45, 2.75) is 24.5 Å². The molecule has 3 atom stereocenters. The predicted molar refractivity (Wildman–Crippen MR) is 99.7 cm³/mol. The third-order valence-corrected chi connectivity index (χ3v) is 5.25. The summed E-state index contributed by atoms with van der Waals surface area (Å²) in [6, 6.07) is 10.8. The quantitative estimate of drug-likeness (QED) is 0.774. The van der Waals surface area contributed by atoms with Gasteiger partial charge >= 0.3 is 5.97 Å². The van der Waals surface area contributed by atoms with Gasteiger partial charge in [0.2, 0.25) is 0 Å². The first-order valence-electron chi connectivity index (χ1n) is 9.16. The summed E-state index contributed by atoms with van der Waals surface area (Å²) in [6.07, 6.45) is -3.55. The molecule has 6 nitrogen and oxygen atoms in total. The molecule has 156 valence electrons. The van der Waals surface area contributed by atoms with Gasteiger partial charge in [0, 0.05) is 17.0 Å². The Kier molecular flexibility index (Phi) is 4.97. The molecule has 1 heterocycles. The Hall–Kier alpha value is -3.36. The molecule has 1 amide bonds. The number of esters is 1. The third kappa shape index (κ3) is 3.30. The Morgan fingerprint density at radius 1 is 1.20 bits per heavy atom. The Labute approximate surface area is 169 Å². The maximum absolute atomic E-state index is 14.7. The van der Waals surface area contributed by atoms with Crippen LogP contribution in [0.1, 0.15) is 32.7 Å². The number of fused-ring (bicyclic) bond motifs is 1. The zero-order valence-corrected chi connectivity index (χ0v) is 15.8. The number of nitrogens with zero attached hydrogens (tertiary/aromatic N) is 1. The Bertz CT molecular complexity index is 1030. The summed E-state index contributed by atoms with van der Waals surface area (Å²) in [7, 11) is 1.13. The van der Waals surface area contributed by atoms with E-state index >= 15 is 0 Å². The molecule has 0 radical (unpaired) electrons. The van der Waals surface area contributed by atoms with Crippen LogP contribution in [0.5, 0.6) is 0 Å². The first-order valence-corrected chi connectivity index (χ1v) is 9.16. The van der Waals surface area contributed by atoms with Gasteiger partial charge in [0.15, 0.2) is 5.54 Å². The fraction of sp³-hybridized carbons (Fsp3) is 0.286. The van der Waals surface area contributed by atoms with Gasteiger partial charge in [0.25, 0.3) is 18.4 Å². The van der Waals surface area contributed by atoms with E-state index in [0.29, 0.717) is 0 Å². The molecule has 4 rings (SSSR count). The van der Waals surface area contributed by atoms with Crippen molar-refractivity contribution in [2.75, 3.05) is 7.11 Å². The molecule has 9 heteroatoms. The molecule has 0 unspecified atom stereocenters. The second-order valence-corrected chi connectivity index (χ2v) is 7.05. The van der Waals surface area contributed by atoms with Crippen molar-refractivity contribution in [3.05, 3.63) is 71.0 Å². The number of amidine groups is 1. The lowest BCUT2D eigenvalue weighted by atomic mass is 9.84. The van der Waals surface area contributed by atoms with Gasteiger partial charge in [-0.25, -0.2) is 23.0 Å². The van der Waals surface area contributed by atoms with E-state index in [-0.39, 0.29) is 17.5 Å². The number of halogens is 3. The zero-order chi connectivity index (χ0) is 21.5. The monoisotopic (exact) mass is 418 g/mol. The van der Waals surface area contributed by atoms with Crippen molar-refractivity contribution in [3.8, 4) is 0 Å². The Morgan fingerprint density at radius 3 is 2.60 bits per heavy atom. The highest BCUT2D eigenvalue weighted by atomic mass is 19.3. The van der Waals surface area contributed by atoms with E-state index in [4.69, 9.17) is 4.74 Å². The highest BCUT2D eigenvalue weighted by molar-refractivity contribution is 6.04. The van der Waals surface area contributed by atoms with Gasteiger partial charge in [-0.2, -0.15) is 0 Å². The van der Waals surface area contributed by atoms with E-state index in [9.17, 15) is 22.8 Å². The number of carbonyl (C=O) groups is 2. The van der Waals surface area contributed by atoms with E-state index in [1.165, 1.54) is 0 Å². The molecular weight excluding hydrogens is 401 g/mol. The van der Waals surface area contributed by atoms with Crippen LogP contribution in [-0.2, 0) is 15.0 Å². The molecule has 2 aliphatic rings. The molecule has 1 saturated carbocycles. The van der Waals surface area contributed by atoms with Gasteiger partial charge in [-0.1, -0.05) is 18.2 Å². The SMILES string of the molecule is COC(=O)c1ccc(F)c([C@@]2(C(F)F)N=C(NC(=O)c3ccccc3)O[C@@H]3C[C@@H]32)c1. The first-order chi connectivity index (χ1) is 14.4. The second kappa shape index (κ2) is 7.47. The minimum Gasteiger partial charge on any atom is -0.465 e. The molecule has 0 bridgehead atoms. The number of nitrogens with one attached hydrogen (secondary N) is 1. The van der Waals surface area contributed by atoms with Gasteiger partial charge in [0.05, 0.1) is 12.7 Å². The minimum atomic E-state index is -3.11. The predicted octanol–water partition coefficient (Wildman–Crippen LogP) is 3.28. The lowest BCUT2D eigenvalue weighted by Crippen LogP contribution is -2.46. The maximum atomic E-state index is 14.7. The van der Waals surface area contributed by atoms with Crippen LogP contribution < -0.4 is 5.32 Å². The molecule has 30 heavy (non-hydrogen) atoms. The molecule has 1 aliphatic carbocycles. The summed E-state index contributed by atoms with van der Waals surface area (Å²) in [5.41, 5.74) is -2.54. The van der Waals surface area contributed by atoms with E-state index in [1.807, 2.05) is 0 Å².